The van der Waals surface area contributed by atoms with Crippen LogP contribution >= 0.6 is 0 Å². The number of ether oxygens (including phenoxy) is 2. The molecule has 1 unspecified atom stereocenters. The van der Waals surface area contributed by atoms with Crippen molar-refractivity contribution in [3.8, 4) is 28.4 Å². The van der Waals surface area contributed by atoms with E-state index < -0.39 is 23.4 Å². The van der Waals surface area contributed by atoms with Gasteiger partial charge < -0.3 is 19.5 Å². The van der Waals surface area contributed by atoms with Crippen molar-refractivity contribution in [1.29, 1.82) is 0 Å². The van der Waals surface area contributed by atoms with Gasteiger partial charge in [0.1, 0.15) is 13.2 Å². The summed E-state index contributed by atoms with van der Waals surface area (Å²) in [6.07, 6.45) is -2.87. The second-order valence-electron chi connectivity index (χ2n) is 9.32. The predicted molar refractivity (Wildman–Crippen MR) is 126 cm³/mol. The van der Waals surface area contributed by atoms with Gasteiger partial charge in [0.2, 0.25) is 0 Å². The van der Waals surface area contributed by atoms with E-state index >= 15 is 0 Å². The van der Waals surface area contributed by atoms with Crippen molar-refractivity contribution in [2.75, 3.05) is 31.2 Å². The number of aliphatic hydroxyl groups is 1. The molecule has 0 amide bonds. The molecule has 1 aliphatic carbocycles. The number of hydrogen-bond acceptors (Lipinski definition) is 6. The van der Waals surface area contributed by atoms with Crippen molar-refractivity contribution in [1.82, 2.24) is 9.78 Å². The summed E-state index contributed by atoms with van der Waals surface area (Å²) in [6, 6.07) is 9.02. The van der Waals surface area contributed by atoms with Crippen molar-refractivity contribution < 1.29 is 27.8 Å². The van der Waals surface area contributed by atoms with Crippen LogP contribution in [0.2, 0.25) is 0 Å². The Labute approximate surface area is 204 Å². The minimum Gasteiger partial charge on any atom is -0.486 e. The van der Waals surface area contributed by atoms with Gasteiger partial charge in [-0.15, -0.1) is 0 Å². The first-order chi connectivity index (χ1) is 17.3. The number of aromatic nitrogens is 2. The minimum absolute atomic E-state index is 0.319. The van der Waals surface area contributed by atoms with Crippen LogP contribution < -0.4 is 19.9 Å². The zero-order valence-electron chi connectivity index (χ0n) is 19.3. The van der Waals surface area contributed by atoms with E-state index in [4.69, 9.17) is 9.47 Å². The number of alkyl halides is 3. The lowest BCUT2D eigenvalue weighted by Gasteiger charge is -2.22. The molecule has 0 bridgehead atoms. The van der Waals surface area contributed by atoms with Gasteiger partial charge in [0.15, 0.2) is 11.5 Å². The van der Waals surface area contributed by atoms with Crippen LogP contribution in [0.15, 0.2) is 41.2 Å². The van der Waals surface area contributed by atoms with Crippen LogP contribution in [0.5, 0.6) is 11.5 Å². The number of halogens is 3. The molecule has 2 aliphatic heterocycles. The van der Waals surface area contributed by atoms with Crippen LogP contribution in [-0.4, -0.2) is 47.3 Å². The molecule has 0 spiro atoms. The van der Waals surface area contributed by atoms with Crippen LogP contribution in [-0.2, 0) is 19.0 Å². The van der Waals surface area contributed by atoms with Gasteiger partial charge in [0.25, 0.3) is 5.56 Å². The molecule has 3 aliphatic rings. The number of nitrogens with zero attached hydrogens (tertiary/aromatic N) is 3. The molecular formula is C26H24F3N3O4. The highest BCUT2D eigenvalue weighted by molar-refractivity contribution is 5.69. The lowest BCUT2D eigenvalue weighted by molar-refractivity contribution is -0.137. The van der Waals surface area contributed by atoms with E-state index in [1.807, 2.05) is 4.90 Å². The van der Waals surface area contributed by atoms with Crippen molar-refractivity contribution in [2.45, 2.75) is 38.0 Å². The van der Waals surface area contributed by atoms with Gasteiger partial charge in [0.05, 0.1) is 23.0 Å². The second kappa shape index (κ2) is 8.55. The molecule has 1 saturated heterocycles. The van der Waals surface area contributed by atoms with E-state index in [9.17, 15) is 23.1 Å². The van der Waals surface area contributed by atoms with Crippen molar-refractivity contribution in [3.63, 3.8) is 0 Å². The van der Waals surface area contributed by atoms with Gasteiger partial charge in [-0.25, -0.2) is 0 Å². The van der Waals surface area contributed by atoms with Crippen molar-refractivity contribution in [3.05, 3.63) is 63.4 Å². The monoisotopic (exact) mass is 499 g/mol. The first kappa shape index (κ1) is 22.9. The number of aliphatic hydroxyl groups excluding tert-OH is 1. The van der Waals surface area contributed by atoms with Gasteiger partial charge in [-0.05, 0) is 67.6 Å². The van der Waals surface area contributed by atoms with E-state index in [-0.39, 0.29) is 5.69 Å². The summed E-state index contributed by atoms with van der Waals surface area (Å²) in [7, 11) is 0. The lowest BCUT2D eigenvalue weighted by Crippen LogP contribution is -2.29. The van der Waals surface area contributed by atoms with Gasteiger partial charge in [0, 0.05) is 29.9 Å². The molecule has 10 heteroatoms. The van der Waals surface area contributed by atoms with Gasteiger partial charge in [-0.1, -0.05) is 0 Å². The Hall–Kier alpha value is -3.53. The molecule has 3 heterocycles. The van der Waals surface area contributed by atoms with E-state index in [1.165, 1.54) is 12.1 Å². The zero-order chi connectivity index (χ0) is 25.0. The Morgan fingerprint density at radius 2 is 1.78 bits per heavy atom. The molecule has 7 nitrogen and oxygen atoms in total. The number of benzene rings is 2. The summed E-state index contributed by atoms with van der Waals surface area (Å²) in [6.45, 7) is 1.67. The Kier molecular flexibility index (Phi) is 5.44. The van der Waals surface area contributed by atoms with Crippen LogP contribution in [0.3, 0.4) is 0 Å². The third kappa shape index (κ3) is 3.89. The van der Waals surface area contributed by atoms with Crippen LogP contribution in [0, 0.1) is 0 Å². The average molecular weight is 499 g/mol. The maximum atomic E-state index is 14.1. The first-order valence-electron chi connectivity index (χ1n) is 12.0. The molecular weight excluding hydrogens is 475 g/mol. The second-order valence-corrected chi connectivity index (χ2v) is 9.32. The normalized spacial score (nSPS) is 19.0. The van der Waals surface area contributed by atoms with Crippen LogP contribution in [0.4, 0.5) is 18.9 Å². The highest BCUT2D eigenvalue weighted by Crippen LogP contribution is 2.39. The number of hydrogen-bond donors (Lipinski definition) is 1. The van der Waals surface area contributed by atoms with Crippen LogP contribution in [0.25, 0.3) is 16.9 Å². The third-order valence-corrected chi connectivity index (χ3v) is 7.01. The molecule has 3 aromatic rings. The lowest BCUT2D eigenvalue weighted by atomic mass is 10.0. The fraction of sp³-hybridized carbons (Fsp3) is 0.385. The van der Waals surface area contributed by atoms with Crippen molar-refractivity contribution in [2.24, 2.45) is 0 Å². The Bertz CT molecular complexity index is 1400. The fourth-order valence-corrected chi connectivity index (χ4v) is 5.27. The van der Waals surface area contributed by atoms with E-state index in [0.717, 1.165) is 22.7 Å². The molecule has 1 fully saturated rings. The SMILES string of the molecule is O=c1c2c(c(-c3ccc4c(c3)OCCO4)nn1-c1cc(N3CCC(O)C3)ccc1C(F)(F)F)CCC2. The summed E-state index contributed by atoms with van der Waals surface area (Å²) < 4.78 is 54.5. The smallest absolute Gasteiger partial charge is 0.418 e. The number of anilines is 1. The first-order valence-corrected chi connectivity index (χ1v) is 12.0. The van der Waals surface area contributed by atoms with Gasteiger partial charge in [-0.3, -0.25) is 4.79 Å². The van der Waals surface area contributed by atoms with Gasteiger partial charge >= 0.3 is 6.18 Å². The van der Waals surface area contributed by atoms with E-state index in [1.54, 1.807) is 18.2 Å². The summed E-state index contributed by atoms with van der Waals surface area (Å²) in [5, 5.41) is 14.4. The molecule has 1 N–H and O–H groups in total. The predicted octanol–water partition coefficient (Wildman–Crippen LogP) is 3.75. The van der Waals surface area contributed by atoms with Gasteiger partial charge in [-0.2, -0.15) is 23.0 Å². The number of β-amino-alcohol motifs (C(OH)–C–C–N with tert-alkyl or cyclic N) is 1. The summed E-state index contributed by atoms with van der Waals surface area (Å²) >= 11 is 0. The fourth-order valence-electron chi connectivity index (χ4n) is 5.27. The maximum Gasteiger partial charge on any atom is 0.418 e. The molecule has 6 rings (SSSR count). The largest absolute Gasteiger partial charge is 0.486 e. The average Bonchev–Trinajstić information content (AvgIpc) is 3.53. The summed E-state index contributed by atoms with van der Waals surface area (Å²) in [4.78, 5) is 15.3. The number of fused-ring (bicyclic) bond motifs is 2. The third-order valence-electron chi connectivity index (χ3n) is 7.01. The molecule has 1 aromatic heterocycles. The van der Waals surface area contributed by atoms with E-state index in [2.05, 4.69) is 5.10 Å². The highest BCUT2D eigenvalue weighted by atomic mass is 19.4. The quantitative estimate of drug-likeness (QED) is 0.592. The summed E-state index contributed by atoms with van der Waals surface area (Å²) in [5.41, 5.74) is 1.09. The molecule has 2 aromatic carbocycles. The van der Waals surface area contributed by atoms with Crippen molar-refractivity contribution >= 4 is 5.69 Å². The molecule has 1 atom stereocenters. The Morgan fingerprint density at radius 1 is 1.00 bits per heavy atom. The Balaban J connectivity index is 1.55. The molecule has 0 saturated carbocycles. The topological polar surface area (TPSA) is 76.8 Å². The molecule has 0 radical (unpaired) electrons. The molecule has 36 heavy (non-hydrogen) atoms. The Morgan fingerprint density at radius 3 is 2.53 bits per heavy atom. The zero-order valence-corrected chi connectivity index (χ0v) is 19.3. The highest BCUT2D eigenvalue weighted by Gasteiger charge is 2.36. The minimum atomic E-state index is -4.68. The molecule has 188 valence electrons. The standard InChI is InChI=1S/C26H24F3N3O4/c27-26(28,29)20-6-5-16(31-9-8-17(33)14-31)13-21(20)32-25(34)19-3-1-2-18(19)24(30-32)15-4-7-22-23(12-15)36-11-10-35-22/h4-7,12-13,17,33H,1-3,8-11,14H2. The van der Waals surface area contributed by atoms with E-state index in [0.29, 0.717) is 79.6 Å². The summed E-state index contributed by atoms with van der Waals surface area (Å²) in [5.74, 6) is 1.13. The van der Waals surface area contributed by atoms with Crippen LogP contribution in [0.1, 0.15) is 29.5 Å². The number of rotatable bonds is 3. The maximum absolute atomic E-state index is 14.1.